The van der Waals surface area contributed by atoms with Gasteiger partial charge in [0.25, 0.3) is 0 Å². The zero-order valence-electron chi connectivity index (χ0n) is 14.8. The van der Waals surface area contributed by atoms with Crippen LogP contribution in [0.25, 0.3) is 0 Å². The summed E-state index contributed by atoms with van der Waals surface area (Å²) in [4.78, 5) is 14.1. The number of nitrogens with zero attached hydrogens (tertiary/aromatic N) is 1. The van der Waals surface area contributed by atoms with Gasteiger partial charge in [0.05, 0.1) is 0 Å². The minimum Gasteiger partial charge on any atom is -0.444 e. The Hall–Kier alpha value is -1.07. The number of rotatable bonds is 6. The molecule has 23 heavy (non-hydrogen) atoms. The Bertz CT molecular complexity index is 482. The van der Waals surface area contributed by atoms with Crippen molar-refractivity contribution >= 4 is 17.4 Å². The molecule has 1 amide bonds. The van der Waals surface area contributed by atoms with Gasteiger partial charge in [0.1, 0.15) is 5.60 Å². The molecule has 0 bridgehead atoms. The molecule has 2 atom stereocenters. The van der Waals surface area contributed by atoms with Crippen LogP contribution in [0.3, 0.4) is 0 Å². The molecule has 1 fully saturated rings. The fourth-order valence-corrected chi connectivity index (χ4v) is 3.83. The highest BCUT2D eigenvalue weighted by Crippen LogP contribution is 2.25. The van der Waals surface area contributed by atoms with Gasteiger partial charge in [-0.15, -0.1) is 0 Å². The zero-order chi connectivity index (χ0) is 16.9. The first-order chi connectivity index (χ1) is 10.9. The molecule has 0 radical (unpaired) electrons. The standard InChI is InChI=1S/C18H30N2O2S/c1-5-19-16(7-6-14-9-11-23-13-14)15-8-10-20(12-15)17(21)22-18(2,3)4/h9,11,13,15-16,19H,5-8,10,12H2,1-4H3. The molecule has 0 aliphatic carbocycles. The van der Waals surface area contributed by atoms with Crippen molar-refractivity contribution < 1.29 is 9.53 Å². The van der Waals surface area contributed by atoms with Gasteiger partial charge in [0, 0.05) is 19.1 Å². The van der Waals surface area contributed by atoms with E-state index < -0.39 is 5.60 Å². The van der Waals surface area contributed by atoms with Crippen LogP contribution in [-0.2, 0) is 11.2 Å². The molecule has 1 aliphatic heterocycles. The summed E-state index contributed by atoms with van der Waals surface area (Å²) in [6.07, 6.45) is 3.11. The molecule has 1 aromatic heterocycles. The zero-order valence-corrected chi connectivity index (χ0v) is 15.6. The number of likely N-dealkylation sites (tertiary alicyclic amines) is 1. The molecule has 2 heterocycles. The van der Waals surface area contributed by atoms with Crippen molar-refractivity contribution in [2.75, 3.05) is 19.6 Å². The maximum atomic E-state index is 12.2. The minimum atomic E-state index is -0.421. The predicted octanol–water partition coefficient (Wildman–Crippen LogP) is 3.92. The second-order valence-corrected chi connectivity index (χ2v) is 8.09. The Morgan fingerprint density at radius 3 is 2.91 bits per heavy atom. The maximum Gasteiger partial charge on any atom is 0.410 e. The lowest BCUT2D eigenvalue weighted by Crippen LogP contribution is -2.40. The summed E-state index contributed by atoms with van der Waals surface area (Å²) in [6, 6.07) is 2.67. The van der Waals surface area contributed by atoms with E-state index in [-0.39, 0.29) is 6.09 Å². The lowest BCUT2D eigenvalue weighted by atomic mass is 9.93. The Kier molecular flexibility index (Phi) is 6.48. The third-order valence-electron chi connectivity index (χ3n) is 4.24. The van der Waals surface area contributed by atoms with Gasteiger partial charge in [-0.1, -0.05) is 6.92 Å². The van der Waals surface area contributed by atoms with Crippen molar-refractivity contribution in [2.45, 2.75) is 58.6 Å². The van der Waals surface area contributed by atoms with E-state index >= 15 is 0 Å². The fourth-order valence-electron chi connectivity index (χ4n) is 3.13. The molecule has 0 saturated carbocycles. The molecule has 1 aromatic rings. The molecule has 5 heteroatoms. The SMILES string of the molecule is CCNC(CCc1ccsc1)C1CCN(C(=O)OC(C)(C)C)C1. The average Bonchev–Trinajstić information content (AvgIpc) is 3.12. The molecule has 2 rings (SSSR count). The second kappa shape index (κ2) is 8.15. The van der Waals surface area contributed by atoms with Crippen molar-refractivity contribution in [2.24, 2.45) is 5.92 Å². The molecule has 130 valence electrons. The van der Waals surface area contributed by atoms with E-state index in [1.54, 1.807) is 11.3 Å². The fraction of sp³-hybridized carbons (Fsp3) is 0.722. The summed E-state index contributed by atoms with van der Waals surface area (Å²) in [5.41, 5.74) is 0.995. The lowest BCUT2D eigenvalue weighted by Gasteiger charge is -2.26. The van der Waals surface area contributed by atoms with E-state index in [4.69, 9.17) is 4.74 Å². The Labute approximate surface area is 144 Å². The van der Waals surface area contributed by atoms with E-state index in [0.717, 1.165) is 38.9 Å². The van der Waals surface area contributed by atoms with Crippen LogP contribution in [0.4, 0.5) is 4.79 Å². The van der Waals surface area contributed by atoms with Crippen molar-refractivity contribution in [3.63, 3.8) is 0 Å². The van der Waals surface area contributed by atoms with Gasteiger partial charge in [-0.25, -0.2) is 4.79 Å². The number of carbonyl (C=O) groups excluding carboxylic acids is 1. The number of hydrogen-bond donors (Lipinski definition) is 1. The summed E-state index contributed by atoms with van der Waals surface area (Å²) in [5.74, 6) is 0.515. The molecule has 1 aliphatic rings. The number of aryl methyl sites for hydroxylation is 1. The maximum absolute atomic E-state index is 12.2. The molecule has 0 aromatic carbocycles. The highest BCUT2D eigenvalue weighted by atomic mass is 32.1. The second-order valence-electron chi connectivity index (χ2n) is 7.31. The van der Waals surface area contributed by atoms with Crippen LogP contribution in [-0.4, -0.2) is 42.3 Å². The summed E-state index contributed by atoms with van der Waals surface area (Å²) in [6.45, 7) is 10.5. The van der Waals surface area contributed by atoms with Crippen molar-refractivity contribution in [3.05, 3.63) is 22.4 Å². The number of ether oxygens (including phenoxy) is 1. The summed E-state index contributed by atoms with van der Waals surface area (Å²) >= 11 is 1.76. The minimum absolute atomic E-state index is 0.173. The average molecular weight is 339 g/mol. The monoisotopic (exact) mass is 338 g/mol. The molecule has 2 unspecified atom stereocenters. The summed E-state index contributed by atoms with van der Waals surface area (Å²) in [7, 11) is 0. The van der Waals surface area contributed by atoms with Gasteiger partial charge >= 0.3 is 6.09 Å². The van der Waals surface area contributed by atoms with E-state index in [9.17, 15) is 4.79 Å². The van der Waals surface area contributed by atoms with Gasteiger partial charge < -0.3 is 15.0 Å². The lowest BCUT2D eigenvalue weighted by molar-refractivity contribution is 0.0285. The normalized spacial score (nSPS) is 19.8. The molecular formula is C18H30N2O2S. The first-order valence-corrected chi connectivity index (χ1v) is 9.55. The van der Waals surface area contributed by atoms with Crippen LogP contribution >= 0.6 is 11.3 Å². The molecule has 1 saturated heterocycles. The number of carbonyl (C=O) groups is 1. The number of nitrogens with one attached hydrogen (secondary N) is 1. The van der Waals surface area contributed by atoms with Crippen molar-refractivity contribution in [3.8, 4) is 0 Å². The Morgan fingerprint density at radius 1 is 1.52 bits per heavy atom. The Morgan fingerprint density at radius 2 is 2.30 bits per heavy atom. The third-order valence-corrected chi connectivity index (χ3v) is 4.97. The third kappa shape index (κ3) is 5.81. The first kappa shape index (κ1) is 18.3. The highest BCUT2D eigenvalue weighted by Gasteiger charge is 2.33. The van der Waals surface area contributed by atoms with Crippen LogP contribution in [0.5, 0.6) is 0 Å². The largest absolute Gasteiger partial charge is 0.444 e. The van der Waals surface area contributed by atoms with Crippen molar-refractivity contribution in [1.29, 1.82) is 0 Å². The number of amides is 1. The summed E-state index contributed by atoms with van der Waals surface area (Å²) < 4.78 is 5.50. The van der Waals surface area contributed by atoms with Gasteiger partial charge in [-0.05, 0) is 74.9 Å². The van der Waals surface area contributed by atoms with Gasteiger partial charge in [-0.2, -0.15) is 11.3 Å². The van der Waals surface area contributed by atoms with Crippen molar-refractivity contribution in [1.82, 2.24) is 10.2 Å². The van der Waals surface area contributed by atoms with Crippen LogP contribution in [0, 0.1) is 5.92 Å². The Balaban J connectivity index is 1.87. The van der Waals surface area contributed by atoms with Gasteiger partial charge in [-0.3, -0.25) is 0 Å². The number of thiophene rings is 1. The van der Waals surface area contributed by atoms with Crippen LogP contribution in [0.2, 0.25) is 0 Å². The molecule has 1 N–H and O–H groups in total. The van der Waals surface area contributed by atoms with Crippen LogP contribution in [0.15, 0.2) is 16.8 Å². The van der Waals surface area contributed by atoms with Gasteiger partial charge in [0.2, 0.25) is 0 Å². The molecule has 0 spiro atoms. The van der Waals surface area contributed by atoms with E-state index in [1.165, 1.54) is 5.56 Å². The van der Waals surface area contributed by atoms with E-state index in [0.29, 0.717) is 12.0 Å². The van der Waals surface area contributed by atoms with Crippen LogP contribution < -0.4 is 5.32 Å². The molecule has 4 nitrogen and oxygen atoms in total. The predicted molar refractivity (Wildman–Crippen MR) is 96.0 cm³/mol. The van der Waals surface area contributed by atoms with E-state index in [2.05, 4.69) is 29.1 Å². The smallest absolute Gasteiger partial charge is 0.410 e. The van der Waals surface area contributed by atoms with Gasteiger partial charge in [0.15, 0.2) is 0 Å². The summed E-state index contributed by atoms with van der Waals surface area (Å²) in [5, 5.41) is 7.98. The molecular weight excluding hydrogens is 308 g/mol. The van der Waals surface area contributed by atoms with Crippen LogP contribution in [0.1, 0.15) is 46.1 Å². The highest BCUT2D eigenvalue weighted by molar-refractivity contribution is 7.07. The van der Waals surface area contributed by atoms with E-state index in [1.807, 2.05) is 25.7 Å². The topological polar surface area (TPSA) is 41.6 Å². The quantitative estimate of drug-likeness (QED) is 0.855. The first-order valence-electron chi connectivity index (χ1n) is 8.61. The number of hydrogen-bond acceptors (Lipinski definition) is 4.